The van der Waals surface area contributed by atoms with Crippen LogP contribution in [0.15, 0.2) is 279 Å². The fourth-order valence-electron chi connectivity index (χ4n) is 14.0. The molecule has 0 amide bonds. The number of fused-ring (bicyclic) bond motifs is 2. The Morgan fingerprint density at radius 2 is 0.562 bits per heavy atom. The second-order valence-electron chi connectivity index (χ2n) is 23.1. The molecule has 11 aromatic carbocycles. The number of hydrogen-bond acceptors (Lipinski definition) is 2. The highest BCUT2D eigenvalue weighted by molar-refractivity contribution is 5.84. The Morgan fingerprint density at radius 1 is 0.275 bits per heavy atom. The third-order valence-electron chi connectivity index (χ3n) is 18.3. The van der Waals surface area contributed by atoms with Crippen LogP contribution in [0, 0.1) is 24.7 Å². The molecule has 80 heavy (non-hydrogen) atoms. The van der Waals surface area contributed by atoms with Crippen LogP contribution >= 0.6 is 0 Å². The van der Waals surface area contributed by atoms with Crippen LogP contribution in [0.3, 0.4) is 0 Å². The molecule has 3 bridgehead atoms. The third kappa shape index (κ3) is 9.85. The average Bonchev–Trinajstić information content (AvgIpc) is 3.58. The summed E-state index contributed by atoms with van der Waals surface area (Å²) in [6.07, 6.45) is 10.0. The molecule has 388 valence electrons. The Balaban J connectivity index is 0.713. The molecule has 0 aromatic heterocycles. The van der Waals surface area contributed by atoms with Gasteiger partial charge < -0.3 is 9.80 Å². The molecule has 0 saturated heterocycles. The van der Waals surface area contributed by atoms with Gasteiger partial charge in [-0.05, 0) is 214 Å². The van der Waals surface area contributed by atoms with E-state index in [0.717, 1.165) is 51.9 Å². The van der Waals surface area contributed by atoms with Gasteiger partial charge in [-0.3, -0.25) is 0 Å². The number of aryl methyl sites for hydroxylation is 1. The first-order valence-electron chi connectivity index (χ1n) is 29.1. The summed E-state index contributed by atoms with van der Waals surface area (Å²) in [5.41, 5.74) is 24.5. The van der Waals surface area contributed by atoms with Gasteiger partial charge in [0.25, 0.3) is 0 Å². The topological polar surface area (TPSA) is 6.48 Å². The van der Waals surface area contributed by atoms with Crippen LogP contribution in [0.5, 0.6) is 0 Å². The smallest absolute Gasteiger partial charge is 0.0462 e. The van der Waals surface area contributed by atoms with Crippen LogP contribution in [0.2, 0.25) is 0 Å². The highest BCUT2D eigenvalue weighted by atomic mass is 15.1. The fraction of sp³-hybridized carbons (Fsp3) is 0.154. The quantitative estimate of drug-likeness (QED) is 0.114. The summed E-state index contributed by atoms with van der Waals surface area (Å²) in [6.45, 7) is 2.13. The SMILES string of the molecule is Cc1ccc(-c2ccc(N(c3ccc(-c4ccccc4)cc3)c3ccc(-c4ccc(-c5ccc(N(c6ccc(-c7ccccc7)cc6)c6ccc(-c7ccc(C89CCC%10CCC(CC%10C8)C9)cc7)cc6)cc5)cc4)cc3)cc2)cc1. The van der Waals surface area contributed by atoms with Crippen molar-refractivity contribution in [2.24, 2.45) is 17.8 Å². The average molecular weight is 1030 g/mol. The predicted molar refractivity (Wildman–Crippen MR) is 338 cm³/mol. The third-order valence-corrected chi connectivity index (χ3v) is 18.3. The standard InChI is InChI=1S/C78H66N2/c1-55-12-15-59(16-13-55)65-28-42-74(43-29-65)79(72-38-24-63(25-39-72)57-8-4-2-5-9-57)75-44-30-66(31-45-75)60-18-20-61(21-19-60)67-32-46-76(47-33-67)80(73-40-26-64(27-41-73)58-10-6-3-7-11-58)77-48-34-68(35-49-77)62-22-36-71(37-23-62)78-51-50-69-17-14-56(53-78)52-70(69)54-78/h2-13,15-16,18-49,56,69-70H,14,17,50-54H2,1H3. The first-order valence-corrected chi connectivity index (χ1v) is 29.1. The lowest BCUT2D eigenvalue weighted by Crippen LogP contribution is -2.46. The van der Waals surface area contributed by atoms with E-state index in [4.69, 9.17) is 0 Å². The van der Waals surface area contributed by atoms with E-state index in [2.05, 4.69) is 296 Å². The zero-order chi connectivity index (χ0) is 53.4. The normalized spacial score (nSPS) is 18.1. The Bertz CT molecular complexity index is 3850. The van der Waals surface area contributed by atoms with E-state index < -0.39 is 0 Å². The van der Waals surface area contributed by atoms with Crippen molar-refractivity contribution in [3.8, 4) is 66.8 Å². The van der Waals surface area contributed by atoms with Crippen molar-refractivity contribution >= 4 is 34.1 Å². The summed E-state index contributed by atoms with van der Waals surface area (Å²) in [6, 6.07) is 103. The van der Waals surface area contributed by atoms with Crippen molar-refractivity contribution in [2.45, 2.75) is 57.3 Å². The molecule has 0 aliphatic heterocycles. The van der Waals surface area contributed by atoms with Crippen molar-refractivity contribution in [3.63, 3.8) is 0 Å². The highest BCUT2D eigenvalue weighted by Gasteiger charge is 2.49. The molecule has 4 unspecified atom stereocenters. The van der Waals surface area contributed by atoms with Gasteiger partial charge in [0.2, 0.25) is 0 Å². The Morgan fingerprint density at radius 3 is 0.900 bits per heavy atom. The maximum absolute atomic E-state index is 2.48. The Hall–Kier alpha value is -8.98. The van der Waals surface area contributed by atoms with E-state index >= 15 is 0 Å². The minimum Gasteiger partial charge on any atom is -0.311 e. The van der Waals surface area contributed by atoms with E-state index in [1.807, 2.05) is 0 Å². The summed E-state index contributed by atoms with van der Waals surface area (Å²) in [7, 11) is 0. The molecule has 3 fully saturated rings. The summed E-state index contributed by atoms with van der Waals surface area (Å²) in [5, 5.41) is 0. The van der Waals surface area contributed by atoms with Crippen molar-refractivity contribution < 1.29 is 0 Å². The second kappa shape index (κ2) is 21.3. The number of nitrogens with zero attached hydrogens (tertiary/aromatic N) is 2. The summed E-state index contributed by atoms with van der Waals surface area (Å²) in [5.74, 6) is 2.88. The molecule has 2 heteroatoms. The van der Waals surface area contributed by atoms with E-state index in [1.165, 1.54) is 117 Å². The zero-order valence-electron chi connectivity index (χ0n) is 45.6. The zero-order valence-corrected chi connectivity index (χ0v) is 45.6. The molecule has 2 nitrogen and oxygen atoms in total. The van der Waals surface area contributed by atoms with Gasteiger partial charge >= 0.3 is 0 Å². The summed E-state index contributed by atoms with van der Waals surface area (Å²) < 4.78 is 0. The summed E-state index contributed by atoms with van der Waals surface area (Å²) >= 11 is 0. The molecule has 11 aromatic rings. The number of anilines is 6. The molecular formula is C78H66N2. The predicted octanol–water partition coefficient (Wildman–Crippen LogP) is 21.8. The molecule has 3 saturated carbocycles. The number of rotatable bonds is 13. The maximum atomic E-state index is 2.48. The van der Waals surface area contributed by atoms with Crippen molar-refractivity contribution in [1.82, 2.24) is 0 Å². The monoisotopic (exact) mass is 1030 g/mol. The first kappa shape index (κ1) is 49.3. The molecule has 0 spiro atoms. The van der Waals surface area contributed by atoms with E-state index in [1.54, 1.807) is 5.56 Å². The minimum atomic E-state index is 0.399. The molecule has 4 atom stereocenters. The maximum Gasteiger partial charge on any atom is 0.0462 e. The van der Waals surface area contributed by atoms with Gasteiger partial charge in [-0.1, -0.05) is 218 Å². The van der Waals surface area contributed by atoms with Crippen LogP contribution in [-0.4, -0.2) is 0 Å². The van der Waals surface area contributed by atoms with E-state index in [0.29, 0.717) is 5.41 Å². The fourth-order valence-corrected chi connectivity index (χ4v) is 14.0. The molecule has 3 aliphatic carbocycles. The molecule has 3 aliphatic rings. The highest BCUT2D eigenvalue weighted by Crippen LogP contribution is 2.59. The van der Waals surface area contributed by atoms with Crippen LogP contribution in [0.4, 0.5) is 34.1 Å². The van der Waals surface area contributed by atoms with Crippen molar-refractivity contribution in [3.05, 3.63) is 290 Å². The van der Waals surface area contributed by atoms with Crippen LogP contribution in [0.25, 0.3) is 66.8 Å². The largest absolute Gasteiger partial charge is 0.311 e. The van der Waals surface area contributed by atoms with Gasteiger partial charge in [0.05, 0.1) is 0 Å². The summed E-state index contributed by atoms with van der Waals surface area (Å²) in [4.78, 5) is 4.73. The molecular weight excluding hydrogens is 965 g/mol. The van der Waals surface area contributed by atoms with E-state index in [9.17, 15) is 0 Å². The molecule has 14 rings (SSSR count). The Labute approximate surface area is 473 Å². The van der Waals surface area contributed by atoms with Crippen molar-refractivity contribution in [2.75, 3.05) is 9.80 Å². The van der Waals surface area contributed by atoms with Gasteiger partial charge in [0, 0.05) is 34.1 Å². The first-order chi connectivity index (χ1) is 39.4. The van der Waals surface area contributed by atoms with Crippen LogP contribution in [-0.2, 0) is 5.41 Å². The lowest BCUT2D eigenvalue weighted by molar-refractivity contribution is 0.00964. The molecule has 0 heterocycles. The van der Waals surface area contributed by atoms with Gasteiger partial charge in [-0.2, -0.15) is 0 Å². The van der Waals surface area contributed by atoms with E-state index in [-0.39, 0.29) is 0 Å². The lowest BCUT2D eigenvalue weighted by Gasteiger charge is -2.55. The molecule has 0 radical (unpaired) electrons. The van der Waals surface area contributed by atoms with Gasteiger partial charge in [0.15, 0.2) is 0 Å². The van der Waals surface area contributed by atoms with Crippen LogP contribution in [0.1, 0.15) is 56.1 Å². The Kier molecular flexibility index (Phi) is 13.2. The van der Waals surface area contributed by atoms with Crippen LogP contribution < -0.4 is 9.80 Å². The number of hydrogen-bond donors (Lipinski definition) is 0. The second-order valence-corrected chi connectivity index (χ2v) is 23.1. The number of benzene rings is 11. The van der Waals surface area contributed by atoms with Gasteiger partial charge in [0.1, 0.15) is 0 Å². The van der Waals surface area contributed by atoms with Gasteiger partial charge in [-0.25, -0.2) is 0 Å². The minimum absolute atomic E-state index is 0.399. The van der Waals surface area contributed by atoms with Gasteiger partial charge in [-0.15, -0.1) is 0 Å². The van der Waals surface area contributed by atoms with Crippen molar-refractivity contribution in [1.29, 1.82) is 0 Å². The lowest BCUT2D eigenvalue weighted by atomic mass is 9.50. The molecule has 0 N–H and O–H groups in total.